The number of hydrogen-bond donors (Lipinski definition) is 4. The Labute approximate surface area is 308 Å². The summed E-state index contributed by atoms with van der Waals surface area (Å²) >= 11 is 6.08. The van der Waals surface area contributed by atoms with E-state index in [1.54, 1.807) is 24.3 Å². The summed E-state index contributed by atoms with van der Waals surface area (Å²) in [4.78, 5) is 15.2. The van der Waals surface area contributed by atoms with Crippen molar-refractivity contribution in [1.29, 1.82) is 0 Å². The first-order valence-corrected chi connectivity index (χ1v) is 17.9. The highest BCUT2D eigenvalue weighted by atomic mass is 35.5. The van der Waals surface area contributed by atoms with Gasteiger partial charge in [0.2, 0.25) is 0 Å². The number of rotatable bonds is 10. The van der Waals surface area contributed by atoms with E-state index in [-0.39, 0.29) is 24.8 Å². The molecule has 0 spiro atoms. The van der Waals surface area contributed by atoms with Gasteiger partial charge in [-0.1, -0.05) is 78.3 Å². The third-order valence-electron chi connectivity index (χ3n) is 9.67. The first-order valence-electron chi connectivity index (χ1n) is 17.5. The maximum absolute atomic E-state index is 12.8. The second-order valence-electron chi connectivity index (χ2n) is 13.3. The molecule has 9 nitrogen and oxygen atoms in total. The standard InChI is InChI=1S/C42H42ClN3O6/c43-33-14-12-32(13-15-33)42(49)22-24-46(25-23-42)27-38-26-39(30-8-6-29(28-47)7-9-30)52-40(51-38)31-10-16-34(17-11-31)44-41(48)45-35-18-20-37(21-19-35)50-36-4-2-1-3-5-36/h1-21,38-40,47,49H,22-28H2,(H2,44,45,48)/t38-,39+,40+/m0/s1. The Morgan fingerprint density at radius 3 is 2.00 bits per heavy atom. The molecule has 7 rings (SSSR count). The number of aliphatic hydroxyl groups excluding tert-OH is 1. The Balaban J connectivity index is 0.978. The number of hydrogen-bond acceptors (Lipinski definition) is 7. The lowest BCUT2D eigenvalue weighted by atomic mass is 9.84. The number of anilines is 2. The number of para-hydroxylation sites is 1. The van der Waals surface area contributed by atoms with Crippen LogP contribution in [-0.4, -0.2) is 46.9 Å². The molecule has 2 heterocycles. The third-order valence-corrected chi connectivity index (χ3v) is 9.93. The predicted octanol–water partition coefficient (Wildman–Crippen LogP) is 8.80. The zero-order valence-electron chi connectivity index (χ0n) is 28.7. The van der Waals surface area contributed by atoms with Gasteiger partial charge in [-0.2, -0.15) is 0 Å². The van der Waals surface area contributed by atoms with Crippen LogP contribution in [0.25, 0.3) is 0 Å². The van der Waals surface area contributed by atoms with Crippen LogP contribution < -0.4 is 15.4 Å². The van der Waals surface area contributed by atoms with E-state index >= 15 is 0 Å². The Morgan fingerprint density at radius 1 is 0.769 bits per heavy atom. The highest BCUT2D eigenvalue weighted by Crippen LogP contribution is 2.40. The number of piperidine rings is 1. The number of likely N-dealkylation sites (tertiary alicyclic amines) is 1. The number of benzene rings is 5. The molecule has 0 aromatic heterocycles. The van der Waals surface area contributed by atoms with Crippen LogP contribution >= 0.6 is 11.6 Å². The van der Waals surface area contributed by atoms with Gasteiger partial charge in [0.15, 0.2) is 6.29 Å². The molecular formula is C42H42ClN3O6. The number of nitrogens with zero attached hydrogens (tertiary/aromatic N) is 1. The topological polar surface area (TPSA) is 113 Å². The molecule has 5 aromatic carbocycles. The van der Waals surface area contributed by atoms with Gasteiger partial charge in [0.05, 0.1) is 24.4 Å². The summed E-state index contributed by atoms with van der Waals surface area (Å²) in [6.45, 7) is 2.13. The summed E-state index contributed by atoms with van der Waals surface area (Å²) in [6, 6.07) is 39.1. The van der Waals surface area contributed by atoms with Crippen molar-refractivity contribution >= 4 is 29.0 Å². The average molecular weight is 720 g/mol. The van der Waals surface area contributed by atoms with Gasteiger partial charge in [-0.05, 0) is 90.2 Å². The van der Waals surface area contributed by atoms with E-state index in [2.05, 4.69) is 15.5 Å². The first-order chi connectivity index (χ1) is 25.3. The minimum absolute atomic E-state index is 0.0219. The Bertz CT molecular complexity index is 1900. The largest absolute Gasteiger partial charge is 0.457 e. The summed E-state index contributed by atoms with van der Waals surface area (Å²) in [7, 11) is 0. The Kier molecular flexibility index (Phi) is 11.2. The van der Waals surface area contributed by atoms with Gasteiger partial charge in [-0.15, -0.1) is 0 Å². The molecule has 2 fully saturated rings. The Morgan fingerprint density at radius 2 is 1.37 bits per heavy atom. The smallest absolute Gasteiger partial charge is 0.323 e. The number of halogens is 1. The minimum atomic E-state index is -0.883. The van der Waals surface area contributed by atoms with E-state index < -0.39 is 11.9 Å². The van der Waals surface area contributed by atoms with E-state index in [1.165, 1.54) is 0 Å². The van der Waals surface area contributed by atoms with Crippen LogP contribution in [0.3, 0.4) is 0 Å². The van der Waals surface area contributed by atoms with Gasteiger partial charge in [0.25, 0.3) is 0 Å². The third kappa shape index (κ3) is 9.00. The van der Waals surface area contributed by atoms with Crippen LogP contribution in [-0.2, 0) is 21.7 Å². The quantitative estimate of drug-likeness (QED) is 0.114. The van der Waals surface area contributed by atoms with Crippen LogP contribution in [0.2, 0.25) is 5.02 Å². The molecular weight excluding hydrogens is 678 g/mol. The van der Waals surface area contributed by atoms with Crippen molar-refractivity contribution < 1.29 is 29.2 Å². The van der Waals surface area contributed by atoms with Crippen LogP contribution in [0.4, 0.5) is 16.2 Å². The van der Waals surface area contributed by atoms with Crippen molar-refractivity contribution in [1.82, 2.24) is 4.90 Å². The van der Waals surface area contributed by atoms with E-state index in [4.69, 9.17) is 25.8 Å². The van der Waals surface area contributed by atoms with Crippen LogP contribution in [0.1, 0.15) is 53.9 Å². The molecule has 0 saturated carbocycles. The molecule has 0 aliphatic carbocycles. The second kappa shape index (κ2) is 16.3. The van der Waals surface area contributed by atoms with Gasteiger partial charge in [0, 0.05) is 48.0 Å². The average Bonchev–Trinajstić information content (AvgIpc) is 3.17. The van der Waals surface area contributed by atoms with Crippen molar-refractivity contribution in [3.63, 3.8) is 0 Å². The number of amides is 2. The highest BCUT2D eigenvalue weighted by molar-refractivity contribution is 6.30. The van der Waals surface area contributed by atoms with Crippen molar-refractivity contribution in [3.05, 3.63) is 155 Å². The van der Waals surface area contributed by atoms with Crippen LogP contribution in [0.5, 0.6) is 11.5 Å². The van der Waals surface area contributed by atoms with Crippen molar-refractivity contribution in [2.75, 3.05) is 30.3 Å². The molecule has 2 saturated heterocycles. The van der Waals surface area contributed by atoms with Gasteiger partial charge in [-0.3, -0.25) is 0 Å². The second-order valence-corrected chi connectivity index (χ2v) is 13.8. The fourth-order valence-corrected chi connectivity index (χ4v) is 6.85. The highest BCUT2D eigenvalue weighted by Gasteiger charge is 2.37. The fourth-order valence-electron chi connectivity index (χ4n) is 6.72. The van der Waals surface area contributed by atoms with Crippen molar-refractivity contribution in [3.8, 4) is 11.5 Å². The molecule has 2 aliphatic heterocycles. The van der Waals surface area contributed by atoms with E-state index in [0.29, 0.717) is 48.0 Å². The molecule has 0 unspecified atom stereocenters. The number of carbonyl (C=O) groups excluding carboxylic acids is 1. The zero-order chi connectivity index (χ0) is 35.9. The van der Waals surface area contributed by atoms with E-state index in [9.17, 15) is 15.0 Å². The van der Waals surface area contributed by atoms with Crippen molar-refractivity contribution in [2.45, 2.75) is 50.0 Å². The Hall–Kier alpha value is -4.74. The molecule has 3 atom stereocenters. The minimum Gasteiger partial charge on any atom is -0.457 e. The monoisotopic (exact) mass is 719 g/mol. The van der Waals surface area contributed by atoms with Crippen LogP contribution in [0.15, 0.2) is 127 Å². The lowest BCUT2D eigenvalue weighted by Gasteiger charge is -2.42. The first kappa shape index (κ1) is 35.7. The number of aliphatic hydroxyl groups is 2. The number of urea groups is 1. The summed E-state index contributed by atoms with van der Waals surface area (Å²) in [6.07, 6.45) is 0.909. The molecule has 5 aromatic rings. The zero-order valence-corrected chi connectivity index (χ0v) is 29.4. The number of ether oxygens (including phenoxy) is 3. The molecule has 2 aliphatic rings. The maximum Gasteiger partial charge on any atom is 0.323 e. The molecule has 52 heavy (non-hydrogen) atoms. The SMILES string of the molecule is O=C(Nc1ccc(Oc2ccccc2)cc1)Nc1ccc([C@@H]2O[C@H](CN3CCC(O)(c4ccc(Cl)cc4)CC3)C[C@H](c3ccc(CO)cc3)O2)cc1. The van der Waals surface area contributed by atoms with Gasteiger partial charge >= 0.3 is 6.03 Å². The predicted molar refractivity (Wildman–Crippen MR) is 201 cm³/mol. The molecule has 268 valence electrons. The molecule has 2 amide bonds. The number of nitrogens with one attached hydrogen (secondary N) is 2. The lowest BCUT2D eigenvalue weighted by Crippen LogP contribution is -2.46. The normalized spacial score (nSPS) is 20.2. The van der Waals surface area contributed by atoms with Gasteiger partial charge < -0.3 is 40.0 Å². The summed E-state index contributed by atoms with van der Waals surface area (Å²) in [5.74, 6) is 1.41. The van der Waals surface area contributed by atoms with Gasteiger partial charge in [0.1, 0.15) is 11.5 Å². The van der Waals surface area contributed by atoms with Crippen molar-refractivity contribution in [2.24, 2.45) is 0 Å². The van der Waals surface area contributed by atoms with E-state index in [0.717, 1.165) is 41.1 Å². The fraction of sp³-hybridized carbons (Fsp3) is 0.262. The van der Waals surface area contributed by atoms with Crippen LogP contribution in [0, 0.1) is 0 Å². The molecule has 0 radical (unpaired) electrons. The lowest BCUT2D eigenvalue weighted by molar-refractivity contribution is -0.253. The maximum atomic E-state index is 12.8. The molecule has 4 N–H and O–H groups in total. The molecule has 10 heteroatoms. The van der Waals surface area contributed by atoms with Gasteiger partial charge in [-0.25, -0.2) is 4.79 Å². The summed E-state index contributed by atoms with van der Waals surface area (Å²) < 4.78 is 18.9. The van der Waals surface area contributed by atoms with E-state index in [1.807, 2.05) is 103 Å². The summed E-state index contributed by atoms with van der Waals surface area (Å²) in [5, 5.41) is 27.4. The molecule has 0 bridgehead atoms. The summed E-state index contributed by atoms with van der Waals surface area (Å²) in [5.41, 5.74) is 3.95. The number of carbonyl (C=O) groups is 1.